The zero-order valence-corrected chi connectivity index (χ0v) is 17.5. The fourth-order valence-electron chi connectivity index (χ4n) is 4.40. The highest BCUT2D eigenvalue weighted by Gasteiger charge is 2.43. The second kappa shape index (κ2) is 8.88. The molecule has 6 nitrogen and oxygen atoms in total. The summed E-state index contributed by atoms with van der Waals surface area (Å²) in [4.78, 5) is 30.3. The van der Waals surface area contributed by atoms with Gasteiger partial charge in [0.05, 0.1) is 26.2 Å². The Kier molecular flexibility index (Phi) is 6.04. The Hall–Kier alpha value is -2.86. The van der Waals surface area contributed by atoms with Crippen LogP contribution in [-0.2, 0) is 9.53 Å². The van der Waals surface area contributed by atoms with E-state index in [1.165, 1.54) is 0 Å². The van der Waals surface area contributed by atoms with Gasteiger partial charge in [0.1, 0.15) is 5.75 Å². The molecule has 2 aliphatic heterocycles. The van der Waals surface area contributed by atoms with Crippen molar-refractivity contribution in [2.75, 3.05) is 46.5 Å². The molecule has 0 radical (unpaired) electrons. The highest BCUT2D eigenvalue weighted by Crippen LogP contribution is 2.39. The van der Waals surface area contributed by atoms with Gasteiger partial charge < -0.3 is 19.3 Å². The van der Waals surface area contributed by atoms with E-state index in [4.69, 9.17) is 9.47 Å². The maximum atomic E-state index is 13.4. The van der Waals surface area contributed by atoms with Crippen molar-refractivity contribution < 1.29 is 19.1 Å². The maximum Gasteiger partial charge on any atom is 0.253 e. The summed E-state index contributed by atoms with van der Waals surface area (Å²) >= 11 is 0. The number of hydrogen-bond donors (Lipinski definition) is 0. The molecule has 0 bridgehead atoms. The van der Waals surface area contributed by atoms with E-state index in [9.17, 15) is 9.59 Å². The zero-order valence-electron chi connectivity index (χ0n) is 17.5. The zero-order chi connectivity index (χ0) is 21.1. The predicted molar refractivity (Wildman–Crippen MR) is 114 cm³/mol. The Morgan fingerprint density at radius 2 is 1.67 bits per heavy atom. The highest BCUT2D eigenvalue weighted by molar-refractivity contribution is 5.95. The molecule has 0 spiro atoms. The van der Waals surface area contributed by atoms with Crippen molar-refractivity contribution in [3.05, 3.63) is 65.2 Å². The summed E-state index contributed by atoms with van der Waals surface area (Å²) in [6.07, 6.45) is 0. The second-order valence-electron chi connectivity index (χ2n) is 7.97. The predicted octanol–water partition coefficient (Wildman–Crippen LogP) is 2.72. The largest absolute Gasteiger partial charge is 0.496 e. The molecular weight excluding hydrogens is 380 g/mol. The maximum absolute atomic E-state index is 13.4. The summed E-state index contributed by atoms with van der Waals surface area (Å²) in [6, 6.07) is 15.4. The van der Waals surface area contributed by atoms with E-state index in [1.807, 2.05) is 65.3 Å². The molecule has 0 saturated carbocycles. The minimum atomic E-state index is -0.297. The SMILES string of the molecule is COc1ccccc1[C@H]1CN(C(=O)c2ccc(C)cc2)C[C@H]1C(=O)N1CCOCC1. The van der Waals surface area contributed by atoms with E-state index < -0.39 is 0 Å². The van der Waals surface area contributed by atoms with Crippen LogP contribution >= 0.6 is 0 Å². The number of carbonyl (C=O) groups is 2. The summed E-state index contributed by atoms with van der Waals surface area (Å²) in [5.74, 6) is 0.409. The van der Waals surface area contributed by atoms with Crippen LogP contribution in [0.25, 0.3) is 0 Å². The minimum absolute atomic E-state index is 0.0350. The van der Waals surface area contributed by atoms with E-state index in [-0.39, 0.29) is 23.7 Å². The standard InChI is InChI=1S/C24H28N2O4/c1-17-7-9-18(10-8-17)23(27)26-15-20(19-5-3-4-6-22(19)29-2)21(16-26)24(28)25-11-13-30-14-12-25/h3-10,20-21H,11-16H2,1-2H3/t20-,21-/m1/s1. The number of morpholine rings is 1. The minimum Gasteiger partial charge on any atom is -0.496 e. The lowest BCUT2D eigenvalue weighted by molar-refractivity contribution is -0.139. The summed E-state index contributed by atoms with van der Waals surface area (Å²) < 4.78 is 11.0. The van der Waals surface area contributed by atoms with Crippen LogP contribution in [0.2, 0.25) is 0 Å². The molecule has 6 heteroatoms. The van der Waals surface area contributed by atoms with Gasteiger partial charge in [0.25, 0.3) is 5.91 Å². The Morgan fingerprint density at radius 1 is 0.967 bits per heavy atom. The van der Waals surface area contributed by atoms with Gasteiger partial charge in [-0.3, -0.25) is 9.59 Å². The molecule has 2 saturated heterocycles. The number of amides is 2. The second-order valence-corrected chi connectivity index (χ2v) is 7.97. The van der Waals surface area contributed by atoms with Crippen molar-refractivity contribution in [3.63, 3.8) is 0 Å². The average Bonchev–Trinajstić information content (AvgIpc) is 3.24. The quantitative estimate of drug-likeness (QED) is 0.781. The van der Waals surface area contributed by atoms with E-state index in [1.54, 1.807) is 7.11 Å². The topological polar surface area (TPSA) is 59.1 Å². The normalized spacial score (nSPS) is 21.5. The molecule has 2 aromatic carbocycles. The third kappa shape index (κ3) is 4.05. The van der Waals surface area contributed by atoms with Crippen LogP contribution in [0.4, 0.5) is 0 Å². The van der Waals surface area contributed by atoms with Crippen molar-refractivity contribution in [3.8, 4) is 5.75 Å². The molecule has 30 heavy (non-hydrogen) atoms. The van der Waals surface area contributed by atoms with E-state index in [0.29, 0.717) is 45.0 Å². The number of rotatable bonds is 4. The van der Waals surface area contributed by atoms with Crippen LogP contribution in [0.3, 0.4) is 0 Å². The number of nitrogens with zero attached hydrogens (tertiary/aromatic N) is 2. The van der Waals surface area contributed by atoms with Gasteiger partial charge in [0.15, 0.2) is 0 Å². The van der Waals surface area contributed by atoms with Gasteiger partial charge in [-0.1, -0.05) is 35.9 Å². The highest BCUT2D eigenvalue weighted by atomic mass is 16.5. The molecule has 2 heterocycles. The number of benzene rings is 2. The van der Waals surface area contributed by atoms with Crippen molar-refractivity contribution in [1.29, 1.82) is 0 Å². The van der Waals surface area contributed by atoms with Crippen LogP contribution in [0.15, 0.2) is 48.5 Å². The molecule has 0 N–H and O–H groups in total. The number of methoxy groups -OCH3 is 1. The lowest BCUT2D eigenvalue weighted by Gasteiger charge is -2.31. The van der Waals surface area contributed by atoms with Crippen molar-refractivity contribution in [2.45, 2.75) is 12.8 Å². The van der Waals surface area contributed by atoms with Gasteiger partial charge in [-0.15, -0.1) is 0 Å². The van der Waals surface area contributed by atoms with Crippen LogP contribution in [-0.4, -0.2) is 68.1 Å². The Balaban J connectivity index is 1.63. The molecule has 2 aliphatic rings. The number of para-hydroxylation sites is 1. The van der Waals surface area contributed by atoms with Crippen molar-refractivity contribution >= 4 is 11.8 Å². The van der Waals surface area contributed by atoms with Crippen molar-refractivity contribution in [1.82, 2.24) is 9.80 Å². The third-order valence-corrected chi connectivity index (χ3v) is 6.08. The van der Waals surface area contributed by atoms with Gasteiger partial charge in [0, 0.05) is 37.7 Å². The molecule has 4 rings (SSSR count). The first-order chi connectivity index (χ1) is 14.6. The number of carbonyl (C=O) groups excluding carboxylic acids is 2. The number of ether oxygens (including phenoxy) is 2. The molecule has 0 aromatic heterocycles. The first kappa shape index (κ1) is 20.4. The summed E-state index contributed by atoms with van der Waals surface area (Å²) in [5, 5.41) is 0. The first-order valence-electron chi connectivity index (χ1n) is 10.4. The van der Waals surface area contributed by atoms with E-state index >= 15 is 0 Å². The summed E-state index contributed by atoms with van der Waals surface area (Å²) in [6.45, 7) is 5.21. The molecule has 2 amide bonds. The lowest BCUT2D eigenvalue weighted by Crippen LogP contribution is -2.45. The van der Waals surface area contributed by atoms with Crippen LogP contribution in [0, 0.1) is 12.8 Å². The molecule has 158 valence electrons. The van der Waals surface area contributed by atoms with Crippen LogP contribution in [0.5, 0.6) is 5.75 Å². The van der Waals surface area contributed by atoms with Gasteiger partial charge in [0.2, 0.25) is 5.91 Å². The summed E-state index contributed by atoms with van der Waals surface area (Å²) in [5.41, 5.74) is 2.74. The van der Waals surface area contributed by atoms with E-state index in [2.05, 4.69) is 0 Å². The van der Waals surface area contributed by atoms with Crippen LogP contribution in [0.1, 0.15) is 27.4 Å². The van der Waals surface area contributed by atoms with Gasteiger partial charge in [-0.25, -0.2) is 0 Å². The van der Waals surface area contributed by atoms with E-state index in [0.717, 1.165) is 16.9 Å². The number of likely N-dealkylation sites (tertiary alicyclic amines) is 1. The fraction of sp³-hybridized carbons (Fsp3) is 0.417. The lowest BCUT2D eigenvalue weighted by atomic mass is 9.87. The van der Waals surface area contributed by atoms with Crippen molar-refractivity contribution in [2.24, 2.45) is 5.92 Å². The Morgan fingerprint density at radius 3 is 2.37 bits per heavy atom. The van der Waals surface area contributed by atoms with Gasteiger partial charge in [-0.05, 0) is 30.7 Å². The Bertz CT molecular complexity index is 906. The number of aryl methyl sites for hydroxylation is 1. The smallest absolute Gasteiger partial charge is 0.253 e. The fourth-order valence-corrected chi connectivity index (χ4v) is 4.40. The monoisotopic (exact) mass is 408 g/mol. The Labute approximate surface area is 177 Å². The molecule has 0 unspecified atom stereocenters. The number of hydrogen-bond acceptors (Lipinski definition) is 4. The summed E-state index contributed by atoms with van der Waals surface area (Å²) in [7, 11) is 1.64. The van der Waals surface area contributed by atoms with Crippen LogP contribution < -0.4 is 4.74 Å². The third-order valence-electron chi connectivity index (χ3n) is 6.08. The average molecular weight is 408 g/mol. The molecule has 2 atom stereocenters. The van der Waals surface area contributed by atoms with Gasteiger partial charge >= 0.3 is 0 Å². The first-order valence-corrected chi connectivity index (χ1v) is 10.4. The molecular formula is C24H28N2O4. The van der Waals surface area contributed by atoms with Gasteiger partial charge in [-0.2, -0.15) is 0 Å². The molecule has 2 fully saturated rings. The molecule has 2 aromatic rings. The molecule has 0 aliphatic carbocycles.